The lowest BCUT2D eigenvalue weighted by atomic mass is 10.0. The maximum atomic E-state index is 13.0. The van der Waals surface area contributed by atoms with Crippen LogP contribution in [0.4, 0.5) is 0 Å². The van der Waals surface area contributed by atoms with Crippen molar-refractivity contribution in [3.05, 3.63) is 77.9 Å². The van der Waals surface area contributed by atoms with Gasteiger partial charge in [-0.3, -0.25) is 19.2 Å². The molecule has 0 aliphatic carbocycles. The molecule has 1 fully saturated rings. The number of aryl methyl sites for hydroxylation is 1. The molecule has 0 saturated carbocycles. The molecule has 4 amide bonds. The van der Waals surface area contributed by atoms with Gasteiger partial charge in [0, 0.05) is 38.8 Å². The van der Waals surface area contributed by atoms with E-state index in [0.717, 1.165) is 40.4 Å². The van der Waals surface area contributed by atoms with Crippen molar-refractivity contribution in [2.75, 3.05) is 40.1 Å². The normalized spacial score (nSPS) is 14.3. The van der Waals surface area contributed by atoms with Crippen LogP contribution in [0, 0.1) is 5.92 Å². The van der Waals surface area contributed by atoms with Gasteiger partial charge in [-0.2, -0.15) is 0 Å². The summed E-state index contributed by atoms with van der Waals surface area (Å²) in [5.74, 6) is -0.431. The molecule has 1 aliphatic heterocycles. The van der Waals surface area contributed by atoms with Gasteiger partial charge in [-0.1, -0.05) is 75.4 Å². The van der Waals surface area contributed by atoms with E-state index in [1.54, 1.807) is 0 Å². The van der Waals surface area contributed by atoms with E-state index in [2.05, 4.69) is 22.4 Å². The van der Waals surface area contributed by atoms with Crippen molar-refractivity contribution in [2.45, 2.75) is 84.7 Å². The number of fused-ring (bicyclic) bond motifs is 1. The number of amides is 4. The minimum absolute atomic E-state index is 0.0343. The molecule has 3 aromatic rings. The Balaban J connectivity index is 0.000000640. The number of unbranched alkanes of at least 4 members (excludes halogenated alkanes) is 1. The van der Waals surface area contributed by atoms with Crippen molar-refractivity contribution in [3.8, 4) is 5.75 Å². The Morgan fingerprint density at radius 1 is 0.981 bits per heavy atom. The molecule has 0 aromatic heterocycles. The van der Waals surface area contributed by atoms with E-state index in [4.69, 9.17) is 20.9 Å². The quantitative estimate of drug-likeness (QED) is 0.101. The number of primary amides is 1. The molecule has 0 bridgehead atoms. The number of hydrogen-bond donors (Lipinski definition) is 5. The Bertz CT molecular complexity index is 1550. The van der Waals surface area contributed by atoms with Gasteiger partial charge in [-0.05, 0) is 73.2 Å². The third-order valence-corrected chi connectivity index (χ3v) is 8.26. The van der Waals surface area contributed by atoms with Crippen LogP contribution in [0.2, 0.25) is 0 Å². The molecule has 298 valence electrons. The van der Waals surface area contributed by atoms with Crippen molar-refractivity contribution in [1.29, 1.82) is 0 Å². The second kappa shape index (κ2) is 27.7. The Labute approximate surface area is 320 Å². The van der Waals surface area contributed by atoms with Gasteiger partial charge in [0.2, 0.25) is 23.6 Å². The van der Waals surface area contributed by atoms with Crippen LogP contribution < -0.4 is 32.6 Å². The number of hydrogen-bond acceptors (Lipinski definition) is 9. The van der Waals surface area contributed by atoms with Gasteiger partial charge in [0.15, 0.2) is 0 Å². The van der Waals surface area contributed by atoms with Crippen LogP contribution >= 0.6 is 0 Å². The average Bonchev–Trinajstić information content (AvgIpc) is 3.20. The summed E-state index contributed by atoms with van der Waals surface area (Å²) >= 11 is 0. The van der Waals surface area contributed by atoms with Crippen LogP contribution in [0.1, 0.15) is 70.9 Å². The smallest absolute Gasteiger partial charge is 0.243 e. The monoisotopic (exact) mass is 750 g/mol. The number of rotatable bonds is 17. The van der Waals surface area contributed by atoms with E-state index in [0.29, 0.717) is 58.4 Å². The molecule has 3 atom stereocenters. The maximum absolute atomic E-state index is 13.0. The summed E-state index contributed by atoms with van der Waals surface area (Å²) in [6, 6.07) is 20.4. The average molecular weight is 751 g/mol. The lowest BCUT2D eigenvalue weighted by Crippen LogP contribution is -2.56. The fraction of sp³-hybridized carbons (Fsp3) is 0.488. The lowest BCUT2D eigenvalue weighted by molar-refractivity contribution is -0.154. The predicted octanol–water partition coefficient (Wildman–Crippen LogP) is 3.63. The molecule has 8 N–H and O–H groups in total. The van der Waals surface area contributed by atoms with E-state index >= 15 is 0 Å². The fourth-order valence-electron chi connectivity index (χ4n) is 5.52. The Morgan fingerprint density at radius 3 is 2.28 bits per heavy atom. The van der Waals surface area contributed by atoms with Gasteiger partial charge >= 0.3 is 0 Å². The molecule has 0 spiro atoms. The third-order valence-electron chi connectivity index (χ3n) is 8.26. The molecule has 3 aromatic carbocycles. The summed E-state index contributed by atoms with van der Waals surface area (Å²) in [6.45, 7) is 9.28. The molecule has 54 heavy (non-hydrogen) atoms. The number of nitrogens with one attached hydrogen (secondary N) is 2. The molecular formula is C41H62N6O7. The number of carbonyl (C=O) groups is 5. The first-order chi connectivity index (χ1) is 26.1. The van der Waals surface area contributed by atoms with E-state index in [1.165, 1.54) is 18.9 Å². The zero-order valence-electron chi connectivity index (χ0n) is 32.7. The molecule has 1 aliphatic rings. The number of nitrogens with two attached hydrogens (primary N) is 3. The Morgan fingerprint density at radius 2 is 1.65 bits per heavy atom. The first-order valence-electron chi connectivity index (χ1n) is 18.7. The van der Waals surface area contributed by atoms with Crippen molar-refractivity contribution in [3.63, 3.8) is 0 Å². The summed E-state index contributed by atoms with van der Waals surface area (Å²) in [5, 5.41) is 7.66. The Hall–Kier alpha value is -4.85. The van der Waals surface area contributed by atoms with E-state index < -0.39 is 23.9 Å². The molecule has 13 heteroatoms. The van der Waals surface area contributed by atoms with Crippen molar-refractivity contribution in [1.82, 2.24) is 15.5 Å². The topological polar surface area (TPSA) is 209 Å². The third kappa shape index (κ3) is 17.8. The second-order valence-electron chi connectivity index (χ2n) is 12.4. The minimum Gasteiger partial charge on any atom is -0.492 e. The van der Waals surface area contributed by atoms with Crippen LogP contribution in [0.25, 0.3) is 10.8 Å². The first kappa shape index (κ1) is 47.2. The zero-order chi connectivity index (χ0) is 40.3. The largest absolute Gasteiger partial charge is 0.492 e. The number of nitrogens with zero attached hydrogens (tertiary/aromatic N) is 1. The highest BCUT2D eigenvalue weighted by Crippen LogP contribution is 2.19. The molecule has 3 unspecified atom stereocenters. The highest BCUT2D eigenvalue weighted by molar-refractivity contribution is 5.92. The standard InChI is InChI=1S/C26H34N4O5.C12H17NO2.C2H6.CH5N/c1-18(31)28-14-5-4-8-22(25(27)33)29-26(34)23-13-15-35-17-30(23)24(32)12-10-19-9-11-20-6-2-3-7-21(20)16-19;1-10(9-14)8-11-2-4-12(5-3-11)15-7-6-13;2*1-2/h2-3,6-7,9,11,16,22-23H,4-5,8,10,12-15,17H2,1H3,(H2,27,33)(H,28,31)(H,29,34);2-5,9-10H,6-8,13H2,1H3;1-2H3;2H2,1H3. The molecule has 4 rings (SSSR count). The predicted molar refractivity (Wildman–Crippen MR) is 213 cm³/mol. The van der Waals surface area contributed by atoms with Crippen LogP contribution in [-0.2, 0) is 41.6 Å². The van der Waals surface area contributed by atoms with Gasteiger partial charge in [0.05, 0.1) is 6.61 Å². The van der Waals surface area contributed by atoms with Crippen molar-refractivity contribution >= 4 is 40.7 Å². The van der Waals surface area contributed by atoms with E-state index in [-0.39, 0.29) is 30.9 Å². The molecule has 1 heterocycles. The number of benzene rings is 3. The van der Waals surface area contributed by atoms with Crippen molar-refractivity contribution in [2.24, 2.45) is 23.1 Å². The first-order valence-corrected chi connectivity index (χ1v) is 18.7. The molecule has 0 radical (unpaired) electrons. The fourth-order valence-corrected chi connectivity index (χ4v) is 5.52. The molecule has 13 nitrogen and oxygen atoms in total. The number of aldehydes is 1. The summed E-state index contributed by atoms with van der Waals surface area (Å²) in [6.07, 6.45) is 4.52. The highest BCUT2D eigenvalue weighted by Gasteiger charge is 2.34. The summed E-state index contributed by atoms with van der Waals surface area (Å²) in [4.78, 5) is 60.8. The van der Waals surface area contributed by atoms with Crippen LogP contribution in [0.15, 0.2) is 66.7 Å². The van der Waals surface area contributed by atoms with Gasteiger partial charge in [-0.15, -0.1) is 0 Å². The number of carbonyl (C=O) groups excluding carboxylic acids is 5. The number of ether oxygens (including phenoxy) is 2. The van der Waals surface area contributed by atoms with Crippen LogP contribution in [0.5, 0.6) is 5.75 Å². The van der Waals surface area contributed by atoms with E-state index in [1.807, 2.05) is 81.4 Å². The summed E-state index contributed by atoms with van der Waals surface area (Å²) in [7, 11) is 1.50. The van der Waals surface area contributed by atoms with Gasteiger partial charge in [-0.25, -0.2) is 0 Å². The van der Waals surface area contributed by atoms with Crippen molar-refractivity contribution < 1.29 is 33.4 Å². The van der Waals surface area contributed by atoms with Crippen LogP contribution in [0.3, 0.4) is 0 Å². The highest BCUT2D eigenvalue weighted by atomic mass is 16.5. The van der Waals surface area contributed by atoms with Gasteiger partial charge in [0.25, 0.3) is 0 Å². The lowest BCUT2D eigenvalue weighted by Gasteiger charge is -2.35. The Kier molecular flexibility index (Phi) is 24.2. The minimum atomic E-state index is -0.836. The van der Waals surface area contributed by atoms with Crippen LogP contribution in [-0.4, -0.2) is 87.0 Å². The maximum Gasteiger partial charge on any atom is 0.243 e. The van der Waals surface area contributed by atoms with Gasteiger partial charge in [0.1, 0.15) is 37.5 Å². The van der Waals surface area contributed by atoms with Gasteiger partial charge < -0.3 is 47.0 Å². The molecule has 1 saturated heterocycles. The SMILES string of the molecule is CC.CC(=O)NCCCCC(NC(=O)C1CCOCN1C(=O)CCc1ccc2ccccc2c1)C(N)=O.CC(C=O)Cc1ccc(OCCN)cc1.CN. The van der Waals surface area contributed by atoms with E-state index in [9.17, 15) is 24.0 Å². The summed E-state index contributed by atoms with van der Waals surface area (Å²) in [5.41, 5.74) is 17.5. The second-order valence-corrected chi connectivity index (χ2v) is 12.4. The zero-order valence-corrected chi connectivity index (χ0v) is 32.7. The summed E-state index contributed by atoms with van der Waals surface area (Å²) < 4.78 is 10.8. The molecular weight excluding hydrogens is 688 g/mol.